The fourth-order valence-electron chi connectivity index (χ4n) is 0.732. The van der Waals surface area contributed by atoms with Gasteiger partial charge >= 0.3 is 18.0 Å². The molecule has 19 heavy (non-hydrogen) atoms. The lowest BCUT2D eigenvalue weighted by Crippen LogP contribution is -2.36. The predicted molar refractivity (Wildman–Crippen MR) is 57.1 cm³/mol. The highest BCUT2D eigenvalue weighted by Crippen LogP contribution is 1.91. The number of aliphatic hydroxyl groups excluding tert-OH is 1. The van der Waals surface area contributed by atoms with E-state index in [9.17, 15) is 19.2 Å². The van der Waals surface area contributed by atoms with E-state index in [-0.39, 0.29) is 12.6 Å². The Labute approximate surface area is 108 Å². The van der Waals surface area contributed by atoms with Crippen LogP contribution in [0.15, 0.2) is 0 Å². The number of esters is 2. The first kappa shape index (κ1) is 16.6. The maximum Gasteiger partial charge on any atom is 0.411 e. The Morgan fingerprint density at radius 1 is 1.00 bits per heavy atom. The lowest BCUT2D eigenvalue weighted by atomic mass is 10.4. The van der Waals surface area contributed by atoms with Crippen molar-refractivity contribution < 1.29 is 38.5 Å². The molecule has 3 N–H and O–H groups in total. The largest absolute Gasteiger partial charge is 0.438 e. The molecular weight excluding hydrogens is 264 g/mol. The Morgan fingerprint density at radius 3 is 2.21 bits per heavy atom. The summed E-state index contributed by atoms with van der Waals surface area (Å²) in [5.41, 5.74) is 0. The van der Waals surface area contributed by atoms with Crippen molar-refractivity contribution in [1.29, 1.82) is 0 Å². The van der Waals surface area contributed by atoms with Gasteiger partial charge in [-0.3, -0.25) is 14.4 Å². The van der Waals surface area contributed by atoms with Crippen LogP contribution in [-0.2, 0) is 28.6 Å². The van der Waals surface area contributed by atoms with Crippen LogP contribution < -0.4 is 10.6 Å². The minimum atomic E-state index is -0.979. The first-order chi connectivity index (χ1) is 8.95. The number of rotatable bonds is 7. The van der Waals surface area contributed by atoms with Crippen LogP contribution >= 0.6 is 0 Å². The highest BCUT2D eigenvalue weighted by Gasteiger charge is 2.12. The quantitative estimate of drug-likeness (QED) is 0.281. The van der Waals surface area contributed by atoms with Crippen molar-refractivity contribution in [2.45, 2.75) is 13.3 Å². The summed E-state index contributed by atoms with van der Waals surface area (Å²) >= 11 is 0. The van der Waals surface area contributed by atoms with Crippen molar-refractivity contribution in [2.24, 2.45) is 0 Å². The number of hydrogen-bond donors (Lipinski definition) is 3. The Kier molecular flexibility index (Phi) is 8.45. The van der Waals surface area contributed by atoms with Crippen LogP contribution in [0, 0.1) is 0 Å². The van der Waals surface area contributed by atoms with Gasteiger partial charge in [0.1, 0.15) is 6.42 Å². The Morgan fingerprint density at radius 2 is 1.63 bits per heavy atom. The molecule has 0 bridgehead atoms. The molecule has 0 saturated carbocycles. The van der Waals surface area contributed by atoms with Crippen molar-refractivity contribution in [3.63, 3.8) is 0 Å². The molecule has 0 spiro atoms. The molecule has 2 amide bonds. The molecule has 0 rings (SSSR count). The van der Waals surface area contributed by atoms with Crippen molar-refractivity contribution in [2.75, 3.05) is 20.3 Å². The number of alkyl carbamates (subject to hydrolysis) is 1. The number of nitrogens with one attached hydrogen (secondary N) is 2. The van der Waals surface area contributed by atoms with E-state index in [1.54, 1.807) is 0 Å². The number of amides is 2. The van der Waals surface area contributed by atoms with Gasteiger partial charge in [0.2, 0.25) is 12.7 Å². The number of aliphatic hydroxyl groups is 1. The molecule has 0 aliphatic heterocycles. The van der Waals surface area contributed by atoms with Crippen molar-refractivity contribution >= 4 is 23.9 Å². The van der Waals surface area contributed by atoms with Crippen molar-refractivity contribution in [3.05, 3.63) is 0 Å². The summed E-state index contributed by atoms with van der Waals surface area (Å²) in [4.78, 5) is 43.0. The molecule has 10 nitrogen and oxygen atoms in total. The van der Waals surface area contributed by atoms with Crippen LogP contribution in [0.4, 0.5) is 4.79 Å². The topological polar surface area (TPSA) is 140 Å². The molecule has 108 valence electrons. The molecule has 0 radical (unpaired) electrons. The Balaban J connectivity index is 3.61. The minimum Gasteiger partial charge on any atom is -0.438 e. The molecule has 0 aromatic rings. The number of hydrogen-bond acceptors (Lipinski definition) is 8. The molecule has 0 fully saturated rings. The third kappa shape index (κ3) is 10.5. The summed E-state index contributed by atoms with van der Waals surface area (Å²) in [5.74, 6) is -2.29. The molecule has 0 aromatic heterocycles. The fraction of sp³-hybridized carbons (Fsp3) is 0.556. The lowest BCUT2D eigenvalue weighted by molar-refractivity contribution is -0.162. The van der Waals surface area contributed by atoms with Crippen molar-refractivity contribution in [3.8, 4) is 0 Å². The molecule has 0 unspecified atom stereocenters. The zero-order valence-electron chi connectivity index (χ0n) is 10.1. The molecule has 0 atom stereocenters. The van der Waals surface area contributed by atoms with Crippen LogP contribution in [-0.4, -0.2) is 49.3 Å². The predicted octanol–water partition coefficient (Wildman–Crippen LogP) is -1.81. The van der Waals surface area contributed by atoms with Crippen molar-refractivity contribution in [1.82, 2.24) is 10.6 Å². The fourth-order valence-corrected chi connectivity index (χ4v) is 0.732. The summed E-state index contributed by atoms with van der Waals surface area (Å²) in [7, 11) is 0. The Hall–Kier alpha value is -2.36. The van der Waals surface area contributed by atoms with E-state index >= 15 is 0 Å². The maximum absolute atomic E-state index is 10.9. The van der Waals surface area contributed by atoms with Gasteiger partial charge in [-0.15, -0.1) is 0 Å². The van der Waals surface area contributed by atoms with Gasteiger partial charge in [-0.1, -0.05) is 0 Å². The normalized spacial score (nSPS) is 9.16. The number of carbonyl (C=O) groups excluding carboxylic acids is 4. The molecule has 0 saturated heterocycles. The van der Waals surface area contributed by atoms with Crippen LogP contribution in [0.25, 0.3) is 0 Å². The molecule has 10 heteroatoms. The molecule has 0 aliphatic rings. The monoisotopic (exact) mass is 278 g/mol. The molecule has 0 aliphatic carbocycles. The van der Waals surface area contributed by atoms with E-state index in [1.807, 2.05) is 0 Å². The lowest BCUT2D eigenvalue weighted by Gasteiger charge is -2.07. The number of carbonyl (C=O) groups is 4. The number of ether oxygens (including phenoxy) is 3. The third-order valence-corrected chi connectivity index (χ3v) is 1.49. The first-order valence-electron chi connectivity index (χ1n) is 5.03. The highest BCUT2D eigenvalue weighted by atomic mass is 16.7. The van der Waals surface area contributed by atoms with Crippen LogP contribution in [0.5, 0.6) is 0 Å². The van der Waals surface area contributed by atoms with Gasteiger partial charge in [-0.25, -0.2) is 4.79 Å². The van der Waals surface area contributed by atoms with Gasteiger partial charge in [-0.2, -0.15) is 0 Å². The smallest absolute Gasteiger partial charge is 0.411 e. The first-order valence-corrected chi connectivity index (χ1v) is 5.03. The van der Waals surface area contributed by atoms with E-state index in [4.69, 9.17) is 5.11 Å². The minimum absolute atomic E-state index is 0.134. The second kappa shape index (κ2) is 9.65. The second-order valence-corrected chi connectivity index (χ2v) is 2.97. The summed E-state index contributed by atoms with van der Waals surface area (Å²) in [6.45, 7) is -0.406. The molecular formula is C9H14N2O8. The molecule has 0 aromatic carbocycles. The standard InChI is InChI=1S/C9H14N2O8/c1-6(13)10-3-11-9(16)19-5-18-8(15)2-7(14)17-4-12/h12H,2-5H2,1H3,(H,10,13)(H,11,16). The van der Waals surface area contributed by atoms with Crippen LogP contribution in [0.3, 0.4) is 0 Å². The van der Waals surface area contributed by atoms with Gasteiger partial charge in [0.05, 0.1) is 6.67 Å². The van der Waals surface area contributed by atoms with E-state index in [1.165, 1.54) is 6.92 Å². The Bertz CT molecular complexity index is 343. The van der Waals surface area contributed by atoms with E-state index < -0.39 is 38.0 Å². The van der Waals surface area contributed by atoms with E-state index in [0.29, 0.717) is 0 Å². The van der Waals surface area contributed by atoms with Crippen LogP contribution in [0.2, 0.25) is 0 Å². The average molecular weight is 278 g/mol. The van der Waals surface area contributed by atoms with Crippen LogP contribution in [0.1, 0.15) is 13.3 Å². The summed E-state index contributed by atoms with van der Waals surface area (Å²) in [6.07, 6.45) is -1.63. The van der Waals surface area contributed by atoms with E-state index in [2.05, 4.69) is 24.8 Å². The summed E-state index contributed by atoms with van der Waals surface area (Å²) < 4.78 is 12.8. The van der Waals surface area contributed by atoms with Gasteiger partial charge < -0.3 is 30.0 Å². The summed E-state index contributed by atoms with van der Waals surface area (Å²) in [5, 5.41) is 12.6. The average Bonchev–Trinajstić information content (AvgIpc) is 2.28. The highest BCUT2D eigenvalue weighted by molar-refractivity contribution is 5.91. The third-order valence-electron chi connectivity index (χ3n) is 1.49. The van der Waals surface area contributed by atoms with Gasteiger partial charge in [-0.05, 0) is 0 Å². The van der Waals surface area contributed by atoms with E-state index in [0.717, 1.165) is 0 Å². The molecule has 0 heterocycles. The zero-order chi connectivity index (χ0) is 14.7. The summed E-state index contributed by atoms with van der Waals surface area (Å²) in [6, 6.07) is 0. The van der Waals surface area contributed by atoms with Gasteiger partial charge in [0, 0.05) is 6.92 Å². The SMILES string of the molecule is CC(=O)NCNC(=O)OCOC(=O)CC(=O)OCO. The maximum atomic E-state index is 10.9. The van der Waals surface area contributed by atoms with Gasteiger partial charge in [0.25, 0.3) is 0 Å². The zero-order valence-corrected chi connectivity index (χ0v) is 10.1. The second-order valence-electron chi connectivity index (χ2n) is 2.97. The van der Waals surface area contributed by atoms with Gasteiger partial charge in [0.15, 0.2) is 6.79 Å².